The Morgan fingerprint density at radius 3 is 2.53 bits per heavy atom. The molecule has 0 aliphatic carbocycles. The molecule has 0 bridgehead atoms. The Bertz CT molecular complexity index is 609. The maximum atomic E-state index is 10.4. The van der Waals surface area contributed by atoms with Crippen molar-refractivity contribution in [2.24, 2.45) is 7.05 Å². The van der Waals surface area contributed by atoms with E-state index in [4.69, 9.17) is 11.6 Å². The lowest BCUT2D eigenvalue weighted by Gasteiger charge is -2.13. The number of halogens is 1. The number of nitrogens with zero attached hydrogens (tertiary/aromatic N) is 4. The number of hydrogen-bond acceptors (Lipinski definition) is 4. The third-order valence-corrected chi connectivity index (χ3v) is 3.64. The summed E-state index contributed by atoms with van der Waals surface area (Å²) in [5.74, 6) is 0. The Labute approximate surface area is 117 Å². The molecular formula is C13H17ClN4O. The van der Waals surface area contributed by atoms with Crippen LogP contribution < -0.4 is 0 Å². The van der Waals surface area contributed by atoms with Crippen molar-refractivity contribution in [2.75, 3.05) is 0 Å². The van der Waals surface area contributed by atoms with Gasteiger partial charge in [-0.25, -0.2) is 0 Å². The lowest BCUT2D eigenvalue weighted by Crippen LogP contribution is -2.07. The minimum Gasteiger partial charge on any atom is -0.388 e. The molecule has 2 aromatic heterocycles. The monoisotopic (exact) mass is 280 g/mol. The van der Waals surface area contributed by atoms with E-state index < -0.39 is 6.10 Å². The van der Waals surface area contributed by atoms with Crippen LogP contribution in [0.25, 0.3) is 0 Å². The van der Waals surface area contributed by atoms with E-state index in [-0.39, 0.29) is 0 Å². The topological polar surface area (TPSA) is 63.8 Å². The molecule has 0 aromatic carbocycles. The quantitative estimate of drug-likeness (QED) is 0.935. The third-order valence-electron chi connectivity index (χ3n) is 3.17. The molecule has 2 heterocycles. The summed E-state index contributed by atoms with van der Waals surface area (Å²) in [5.41, 5.74) is 4.00. The molecule has 0 amide bonds. The van der Waals surface area contributed by atoms with Crippen molar-refractivity contribution < 1.29 is 5.11 Å². The lowest BCUT2D eigenvalue weighted by atomic mass is 10.0. The fourth-order valence-electron chi connectivity index (χ4n) is 2.12. The predicted molar refractivity (Wildman–Crippen MR) is 73.1 cm³/mol. The minimum atomic E-state index is -0.658. The van der Waals surface area contributed by atoms with E-state index in [9.17, 15) is 5.11 Å². The van der Waals surface area contributed by atoms with E-state index in [2.05, 4.69) is 15.3 Å². The molecule has 0 saturated carbocycles. The first-order valence-corrected chi connectivity index (χ1v) is 6.44. The molecule has 0 radical (unpaired) electrons. The standard InChI is InChI=1S/C13H17ClN4O/c1-7-5-10(8(2)16-15-7)12(19)6-11-9(3)17-18(4)13(11)14/h5,12,19H,6H2,1-4H3. The van der Waals surface area contributed by atoms with Crippen molar-refractivity contribution in [3.63, 3.8) is 0 Å². The van der Waals surface area contributed by atoms with Crippen molar-refractivity contribution in [2.45, 2.75) is 33.3 Å². The molecular weight excluding hydrogens is 264 g/mol. The van der Waals surface area contributed by atoms with Crippen molar-refractivity contribution in [1.82, 2.24) is 20.0 Å². The minimum absolute atomic E-state index is 0.421. The van der Waals surface area contributed by atoms with Crippen LogP contribution in [0.1, 0.15) is 34.3 Å². The van der Waals surface area contributed by atoms with Crippen LogP contribution in [0.15, 0.2) is 6.07 Å². The van der Waals surface area contributed by atoms with E-state index >= 15 is 0 Å². The van der Waals surface area contributed by atoms with Crippen molar-refractivity contribution in [3.05, 3.63) is 39.4 Å². The van der Waals surface area contributed by atoms with Gasteiger partial charge in [0, 0.05) is 24.6 Å². The summed E-state index contributed by atoms with van der Waals surface area (Å²) in [6, 6.07) is 1.85. The second-order valence-corrected chi connectivity index (χ2v) is 5.08. The third kappa shape index (κ3) is 2.77. The van der Waals surface area contributed by atoms with E-state index in [1.165, 1.54) is 0 Å². The highest BCUT2D eigenvalue weighted by Crippen LogP contribution is 2.26. The average molecular weight is 281 g/mol. The normalized spacial score (nSPS) is 12.7. The Morgan fingerprint density at radius 2 is 1.95 bits per heavy atom. The molecule has 1 atom stereocenters. The molecule has 2 aromatic rings. The first-order chi connectivity index (χ1) is 8.90. The molecule has 0 aliphatic rings. The van der Waals surface area contributed by atoms with Crippen LogP contribution in [0.5, 0.6) is 0 Å². The molecule has 0 saturated heterocycles. The maximum Gasteiger partial charge on any atom is 0.130 e. The van der Waals surface area contributed by atoms with Crippen molar-refractivity contribution in [1.29, 1.82) is 0 Å². The second-order valence-electron chi connectivity index (χ2n) is 4.72. The Balaban J connectivity index is 2.30. The van der Waals surface area contributed by atoms with Gasteiger partial charge in [0.2, 0.25) is 0 Å². The molecule has 5 nitrogen and oxygen atoms in total. The van der Waals surface area contributed by atoms with Crippen LogP contribution in [0.3, 0.4) is 0 Å². The molecule has 19 heavy (non-hydrogen) atoms. The highest BCUT2D eigenvalue weighted by molar-refractivity contribution is 6.30. The molecule has 0 aliphatic heterocycles. The number of aromatic nitrogens is 4. The van der Waals surface area contributed by atoms with Crippen LogP contribution in [0.2, 0.25) is 5.15 Å². The summed E-state index contributed by atoms with van der Waals surface area (Å²) in [6.07, 6.45) is -0.237. The van der Waals surface area contributed by atoms with Gasteiger partial charge < -0.3 is 5.11 Å². The molecule has 102 valence electrons. The molecule has 1 N–H and O–H groups in total. The zero-order chi connectivity index (χ0) is 14.2. The van der Waals surface area contributed by atoms with E-state index in [0.717, 1.165) is 28.2 Å². The molecule has 1 unspecified atom stereocenters. The van der Waals surface area contributed by atoms with Gasteiger partial charge in [0.15, 0.2) is 0 Å². The van der Waals surface area contributed by atoms with Crippen LogP contribution in [-0.2, 0) is 13.5 Å². The zero-order valence-corrected chi connectivity index (χ0v) is 12.2. The summed E-state index contributed by atoms with van der Waals surface area (Å²) in [6.45, 7) is 5.57. The van der Waals surface area contributed by atoms with Gasteiger partial charge in [-0.3, -0.25) is 4.68 Å². The SMILES string of the molecule is Cc1cc(C(O)Cc2c(C)nn(C)c2Cl)c(C)nn1. The van der Waals surface area contributed by atoms with Gasteiger partial charge in [-0.1, -0.05) is 11.6 Å². The summed E-state index contributed by atoms with van der Waals surface area (Å²) in [7, 11) is 1.79. The van der Waals surface area contributed by atoms with E-state index in [0.29, 0.717) is 11.6 Å². The van der Waals surface area contributed by atoms with Crippen molar-refractivity contribution in [3.8, 4) is 0 Å². The van der Waals surface area contributed by atoms with Crippen LogP contribution in [-0.4, -0.2) is 25.1 Å². The largest absolute Gasteiger partial charge is 0.388 e. The second kappa shape index (κ2) is 5.27. The molecule has 0 spiro atoms. The lowest BCUT2D eigenvalue weighted by molar-refractivity contribution is 0.176. The van der Waals surface area contributed by atoms with Gasteiger partial charge in [-0.15, -0.1) is 0 Å². The summed E-state index contributed by atoms with van der Waals surface area (Å²) >= 11 is 6.18. The van der Waals surface area contributed by atoms with Crippen molar-refractivity contribution >= 4 is 11.6 Å². The van der Waals surface area contributed by atoms with Crippen LogP contribution >= 0.6 is 11.6 Å². The van der Waals surface area contributed by atoms with E-state index in [1.807, 2.05) is 26.8 Å². The summed E-state index contributed by atoms with van der Waals surface area (Å²) < 4.78 is 1.61. The fourth-order valence-corrected chi connectivity index (χ4v) is 2.37. The van der Waals surface area contributed by atoms with Gasteiger partial charge in [0.25, 0.3) is 0 Å². The van der Waals surface area contributed by atoms with Gasteiger partial charge in [-0.2, -0.15) is 15.3 Å². The molecule has 0 fully saturated rings. The van der Waals surface area contributed by atoms with Crippen LogP contribution in [0, 0.1) is 20.8 Å². The first-order valence-electron chi connectivity index (χ1n) is 6.07. The number of hydrogen-bond donors (Lipinski definition) is 1. The summed E-state index contributed by atoms with van der Waals surface area (Å²) in [4.78, 5) is 0. The Hall–Kier alpha value is -1.46. The van der Waals surface area contributed by atoms with Gasteiger partial charge in [0.1, 0.15) is 5.15 Å². The maximum absolute atomic E-state index is 10.4. The highest BCUT2D eigenvalue weighted by Gasteiger charge is 2.18. The number of aliphatic hydroxyl groups is 1. The smallest absolute Gasteiger partial charge is 0.130 e. The molecule has 2 rings (SSSR count). The van der Waals surface area contributed by atoms with E-state index in [1.54, 1.807) is 11.7 Å². The zero-order valence-electron chi connectivity index (χ0n) is 11.5. The average Bonchev–Trinajstić information content (AvgIpc) is 2.59. The predicted octanol–water partition coefficient (Wildman–Crippen LogP) is 2.06. The van der Waals surface area contributed by atoms with Gasteiger partial charge in [-0.05, 0) is 26.8 Å². The number of rotatable bonds is 3. The number of aliphatic hydroxyl groups excluding tert-OH is 1. The molecule has 6 heteroatoms. The Morgan fingerprint density at radius 1 is 1.26 bits per heavy atom. The summed E-state index contributed by atoms with van der Waals surface area (Å²) in [5, 5.41) is 23.2. The highest BCUT2D eigenvalue weighted by atomic mass is 35.5. The van der Waals surface area contributed by atoms with Gasteiger partial charge in [0.05, 0.1) is 23.2 Å². The fraction of sp³-hybridized carbons (Fsp3) is 0.462. The van der Waals surface area contributed by atoms with Crippen LogP contribution in [0.4, 0.5) is 0 Å². The van der Waals surface area contributed by atoms with Gasteiger partial charge >= 0.3 is 0 Å². The number of aryl methyl sites for hydroxylation is 4. The first kappa shape index (κ1) is 14.0. The Kier molecular flexibility index (Phi) is 3.87.